The molecular weight excluding hydrogens is 417 g/mol. The lowest BCUT2D eigenvalue weighted by Gasteiger charge is -2.39. The summed E-state index contributed by atoms with van der Waals surface area (Å²) in [6.07, 6.45) is 0.858. The summed E-state index contributed by atoms with van der Waals surface area (Å²) in [4.78, 5) is 16.3. The largest absolute Gasteiger partial charge is 0.478 e. The van der Waals surface area contributed by atoms with Gasteiger partial charge in [-0.1, -0.05) is 60.7 Å². The second-order valence-corrected chi connectivity index (χ2v) is 8.38. The van der Waals surface area contributed by atoms with E-state index in [0.29, 0.717) is 12.2 Å². The number of carboxylic acids is 1. The molecule has 1 fully saturated rings. The second kappa shape index (κ2) is 11.1. The van der Waals surface area contributed by atoms with Crippen LogP contribution in [-0.4, -0.2) is 60.1 Å². The van der Waals surface area contributed by atoms with Crippen LogP contribution in [0.2, 0.25) is 0 Å². The van der Waals surface area contributed by atoms with Crippen LogP contribution < -0.4 is 5.32 Å². The minimum Gasteiger partial charge on any atom is -0.478 e. The van der Waals surface area contributed by atoms with Gasteiger partial charge in [0.25, 0.3) is 0 Å². The van der Waals surface area contributed by atoms with E-state index in [4.69, 9.17) is 0 Å². The van der Waals surface area contributed by atoms with Crippen molar-refractivity contribution in [2.45, 2.75) is 12.5 Å². The molecule has 33 heavy (non-hydrogen) atoms. The van der Waals surface area contributed by atoms with Crippen molar-refractivity contribution in [1.29, 1.82) is 0 Å². The van der Waals surface area contributed by atoms with E-state index in [0.717, 1.165) is 39.1 Å². The van der Waals surface area contributed by atoms with Crippen LogP contribution in [0, 0.1) is 5.82 Å². The smallest absolute Gasteiger partial charge is 0.337 e. The summed E-state index contributed by atoms with van der Waals surface area (Å²) in [5, 5.41) is 12.4. The lowest BCUT2D eigenvalue weighted by atomic mass is 9.96. The third-order valence-electron chi connectivity index (χ3n) is 6.18. The van der Waals surface area contributed by atoms with Crippen molar-refractivity contribution in [3.8, 4) is 0 Å². The van der Waals surface area contributed by atoms with Gasteiger partial charge in [-0.05, 0) is 42.3 Å². The summed E-state index contributed by atoms with van der Waals surface area (Å²) in [5.41, 5.74) is 3.05. The monoisotopic (exact) mass is 447 g/mol. The van der Waals surface area contributed by atoms with Crippen molar-refractivity contribution in [1.82, 2.24) is 9.80 Å². The molecule has 4 rings (SSSR count). The van der Waals surface area contributed by atoms with Gasteiger partial charge in [-0.15, -0.1) is 0 Å². The summed E-state index contributed by atoms with van der Waals surface area (Å²) in [6.45, 7) is 5.44. The van der Waals surface area contributed by atoms with Gasteiger partial charge in [0.1, 0.15) is 5.82 Å². The zero-order chi connectivity index (χ0) is 23.0. The fraction of sp³-hybridized carbons (Fsp3) is 0.296. The number of nitrogens with one attached hydrogen (secondary N) is 1. The number of benzene rings is 3. The van der Waals surface area contributed by atoms with Crippen LogP contribution in [0.1, 0.15) is 33.9 Å². The molecule has 3 aromatic carbocycles. The van der Waals surface area contributed by atoms with Gasteiger partial charge in [0.05, 0.1) is 17.3 Å². The predicted molar refractivity (Wildman–Crippen MR) is 129 cm³/mol. The highest BCUT2D eigenvalue weighted by Gasteiger charge is 2.26. The van der Waals surface area contributed by atoms with Crippen LogP contribution in [0.25, 0.3) is 0 Å². The fourth-order valence-electron chi connectivity index (χ4n) is 4.50. The zero-order valence-electron chi connectivity index (χ0n) is 18.7. The van der Waals surface area contributed by atoms with Crippen molar-refractivity contribution in [2.75, 3.05) is 44.6 Å². The summed E-state index contributed by atoms with van der Waals surface area (Å²) < 4.78 is 13.5. The van der Waals surface area contributed by atoms with Crippen LogP contribution in [-0.2, 0) is 0 Å². The molecule has 0 saturated carbocycles. The number of hydrogen-bond donors (Lipinski definition) is 2. The number of carbonyl (C=O) groups is 1. The summed E-state index contributed by atoms with van der Waals surface area (Å²) in [5.74, 6) is -1.50. The van der Waals surface area contributed by atoms with Gasteiger partial charge in [-0.3, -0.25) is 4.90 Å². The molecule has 0 amide bonds. The second-order valence-electron chi connectivity index (χ2n) is 8.38. The molecular formula is C27H30FN3O2. The lowest BCUT2D eigenvalue weighted by Crippen LogP contribution is -2.48. The van der Waals surface area contributed by atoms with Crippen LogP contribution in [0.5, 0.6) is 0 Å². The average Bonchev–Trinajstić information content (AvgIpc) is 2.84. The van der Waals surface area contributed by atoms with Crippen molar-refractivity contribution in [3.05, 3.63) is 101 Å². The molecule has 6 heteroatoms. The Morgan fingerprint density at radius 3 is 2.09 bits per heavy atom. The van der Waals surface area contributed by atoms with Crippen LogP contribution >= 0.6 is 0 Å². The Bertz CT molecular complexity index is 998. The molecule has 5 nitrogen and oxygen atoms in total. The van der Waals surface area contributed by atoms with Crippen LogP contribution in [0.3, 0.4) is 0 Å². The fourth-order valence-corrected chi connectivity index (χ4v) is 4.50. The number of piperazine rings is 1. The maximum atomic E-state index is 13.5. The molecule has 0 spiro atoms. The number of anilines is 1. The number of aromatic carboxylic acids is 1. The Morgan fingerprint density at radius 1 is 0.909 bits per heavy atom. The van der Waals surface area contributed by atoms with Crippen molar-refractivity contribution in [3.63, 3.8) is 0 Å². The van der Waals surface area contributed by atoms with E-state index < -0.39 is 11.8 Å². The third kappa shape index (κ3) is 5.97. The van der Waals surface area contributed by atoms with E-state index in [-0.39, 0.29) is 11.6 Å². The predicted octanol–water partition coefficient (Wildman–Crippen LogP) is 4.73. The zero-order valence-corrected chi connectivity index (χ0v) is 18.7. The Labute approximate surface area is 194 Å². The highest BCUT2D eigenvalue weighted by molar-refractivity contribution is 5.94. The maximum absolute atomic E-state index is 13.5. The number of rotatable bonds is 9. The molecule has 0 unspecified atom stereocenters. The first-order valence-corrected chi connectivity index (χ1v) is 11.4. The number of nitrogens with zero attached hydrogens (tertiary/aromatic N) is 2. The minimum absolute atomic E-state index is 0.0953. The first-order valence-electron chi connectivity index (χ1n) is 11.4. The Hall–Kier alpha value is -3.22. The topological polar surface area (TPSA) is 55.8 Å². The van der Waals surface area contributed by atoms with Gasteiger partial charge in [-0.2, -0.15) is 0 Å². The normalized spacial score (nSPS) is 15.0. The molecule has 0 aromatic heterocycles. The van der Waals surface area contributed by atoms with Gasteiger partial charge in [0.15, 0.2) is 0 Å². The Kier molecular flexibility index (Phi) is 7.70. The van der Waals surface area contributed by atoms with E-state index >= 15 is 0 Å². The molecule has 3 aromatic rings. The number of hydrogen-bond acceptors (Lipinski definition) is 4. The molecule has 0 atom stereocenters. The van der Waals surface area contributed by atoms with Gasteiger partial charge >= 0.3 is 5.97 Å². The Balaban J connectivity index is 1.30. The maximum Gasteiger partial charge on any atom is 0.337 e. The molecule has 1 heterocycles. The van der Waals surface area contributed by atoms with Gasteiger partial charge in [-0.25, -0.2) is 9.18 Å². The molecule has 1 aliphatic rings. The van der Waals surface area contributed by atoms with Crippen molar-refractivity contribution >= 4 is 11.7 Å². The Morgan fingerprint density at radius 2 is 1.52 bits per heavy atom. The van der Waals surface area contributed by atoms with E-state index in [1.54, 1.807) is 0 Å². The SMILES string of the molecule is O=C(O)c1ccc(F)cc1NCCCN1CCN(C(c2ccccc2)c2ccccc2)CC1. The molecule has 0 radical (unpaired) electrons. The molecule has 1 saturated heterocycles. The molecule has 1 aliphatic heterocycles. The van der Waals surface area contributed by atoms with Crippen LogP contribution in [0.4, 0.5) is 10.1 Å². The minimum atomic E-state index is -1.06. The average molecular weight is 448 g/mol. The van der Waals surface area contributed by atoms with Gasteiger partial charge < -0.3 is 15.3 Å². The highest BCUT2D eigenvalue weighted by Crippen LogP contribution is 2.29. The van der Waals surface area contributed by atoms with Crippen molar-refractivity contribution in [2.24, 2.45) is 0 Å². The van der Waals surface area contributed by atoms with Crippen LogP contribution in [0.15, 0.2) is 78.9 Å². The van der Waals surface area contributed by atoms with Gasteiger partial charge in [0.2, 0.25) is 0 Å². The summed E-state index contributed by atoms with van der Waals surface area (Å²) in [7, 11) is 0. The van der Waals surface area contributed by atoms with E-state index in [1.165, 1.54) is 29.3 Å². The third-order valence-corrected chi connectivity index (χ3v) is 6.18. The molecule has 2 N–H and O–H groups in total. The standard InChI is InChI=1S/C27H30FN3O2/c28-23-12-13-24(27(32)33)25(20-23)29-14-7-15-30-16-18-31(19-17-30)26(21-8-3-1-4-9-21)22-10-5-2-6-11-22/h1-6,8-13,20,26,29H,7,14-19H2,(H,32,33). The molecule has 172 valence electrons. The molecule has 0 aliphatic carbocycles. The number of halogens is 1. The van der Waals surface area contributed by atoms with E-state index in [2.05, 4.69) is 75.8 Å². The summed E-state index contributed by atoms with van der Waals surface area (Å²) >= 11 is 0. The van der Waals surface area contributed by atoms with Crippen molar-refractivity contribution < 1.29 is 14.3 Å². The van der Waals surface area contributed by atoms with Gasteiger partial charge in [0, 0.05) is 32.7 Å². The van der Waals surface area contributed by atoms with E-state index in [1.807, 2.05) is 0 Å². The number of carboxylic acid groups (broad SMARTS) is 1. The molecule has 0 bridgehead atoms. The first kappa shape index (κ1) is 23.0. The lowest BCUT2D eigenvalue weighted by molar-refractivity contribution is 0.0698. The van der Waals surface area contributed by atoms with E-state index in [9.17, 15) is 14.3 Å². The highest BCUT2D eigenvalue weighted by atomic mass is 19.1. The summed E-state index contributed by atoms with van der Waals surface area (Å²) in [6, 6.07) is 25.3. The quantitative estimate of drug-likeness (QED) is 0.465. The first-order chi connectivity index (χ1) is 16.1.